The van der Waals surface area contributed by atoms with Crippen molar-refractivity contribution in [2.75, 3.05) is 12.4 Å². The Hall–Kier alpha value is -4.13. The Morgan fingerprint density at radius 1 is 1.03 bits per heavy atom. The van der Waals surface area contributed by atoms with Crippen LogP contribution >= 0.6 is 0 Å². The zero-order valence-electron chi connectivity index (χ0n) is 16.3. The van der Waals surface area contributed by atoms with E-state index in [-0.39, 0.29) is 5.56 Å². The first-order chi connectivity index (χ1) is 14.7. The Kier molecular flexibility index (Phi) is 4.40. The van der Waals surface area contributed by atoms with Gasteiger partial charge in [0.2, 0.25) is 5.95 Å². The van der Waals surface area contributed by atoms with Crippen LogP contribution < -0.4 is 15.6 Å². The molecule has 7 heteroatoms. The number of ether oxygens (including phenoxy) is 1. The van der Waals surface area contributed by atoms with Gasteiger partial charge in [0.25, 0.3) is 5.56 Å². The highest BCUT2D eigenvalue weighted by Gasteiger charge is 2.11. The summed E-state index contributed by atoms with van der Waals surface area (Å²) in [5.74, 6) is 1.23. The number of benzene rings is 3. The Bertz CT molecular complexity index is 1410. The normalized spacial score (nSPS) is 11.1. The number of fused-ring (bicyclic) bond motifs is 2. The molecular formula is C23H19N5O2. The Labute approximate surface area is 172 Å². The van der Waals surface area contributed by atoms with Crippen LogP contribution in [0.4, 0.5) is 5.95 Å². The van der Waals surface area contributed by atoms with Crippen molar-refractivity contribution in [3.05, 3.63) is 88.8 Å². The van der Waals surface area contributed by atoms with Gasteiger partial charge in [-0.05, 0) is 46.7 Å². The number of hydrogen-bond donors (Lipinski definition) is 2. The number of hydrogen-bond acceptors (Lipinski definition) is 5. The van der Waals surface area contributed by atoms with E-state index in [4.69, 9.17) is 4.74 Å². The molecule has 0 saturated heterocycles. The number of anilines is 1. The van der Waals surface area contributed by atoms with Gasteiger partial charge in [-0.3, -0.25) is 9.78 Å². The summed E-state index contributed by atoms with van der Waals surface area (Å²) in [6.07, 6.45) is 1.54. The molecule has 7 nitrogen and oxygen atoms in total. The molecular weight excluding hydrogens is 378 g/mol. The van der Waals surface area contributed by atoms with Gasteiger partial charge in [-0.15, -0.1) is 0 Å². The number of nitrogens with zero attached hydrogens (tertiary/aromatic N) is 3. The second-order valence-electron chi connectivity index (χ2n) is 6.94. The van der Waals surface area contributed by atoms with Gasteiger partial charge in [0.15, 0.2) is 5.65 Å². The predicted molar refractivity (Wildman–Crippen MR) is 117 cm³/mol. The van der Waals surface area contributed by atoms with Crippen LogP contribution in [-0.4, -0.2) is 26.9 Å². The van der Waals surface area contributed by atoms with Gasteiger partial charge in [0.05, 0.1) is 19.0 Å². The third kappa shape index (κ3) is 3.26. The van der Waals surface area contributed by atoms with Crippen LogP contribution in [0, 0.1) is 0 Å². The number of H-pyrrole nitrogens is 1. The molecule has 0 bridgehead atoms. The maximum Gasteiger partial charge on any atom is 0.263 e. The predicted octanol–water partition coefficient (Wildman–Crippen LogP) is 3.88. The number of rotatable bonds is 5. The molecule has 3 aromatic carbocycles. The van der Waals surface area contributed by atoms with E-state index in [1.54, 1.807) is 11.8 Å². The Morgan fingerprint density at radius 3 is 2.67 bits per heavy atom. The fourth-order valence-electron chi connectivity index (χ4n) is 3.46. The maximum absolute atomic E-state index is 12.5. The molecule has 0 radical (unpaired) electrons. The third-order valence-corrected chi connectivity index (χ3v) is 5.01. The summed E-state index contributed by atoms with van der Waals surface area (Å²) < 4.78 is 6.94. The molecule has 2 N–H and O–H groups in total. The van der Waals surface area contributed by atoms with Crippen molar-refractivity contribution in [2.24, 2.45) is 0 Å². The zero-order valence-corrected chi connectivity index (χ0v) is 16.3. The van der Waals surface area contributed by atoms with Crippen LogP contribution in [0.5, 0.6) is 5.75 Å². The van der Waals surface area contributed by atoms with E-state index in [1.807, 2.05) is 54.6 Å². The van der Waals surface area contributed by atoms with E-state index in [1.165, 1.54) is 6.20 Å². The topological polar surface area (TPSA) is 84.8 Å². The average Bonchev–Trinajstić information content (AvgIpc) is 3.22. The lowest BCUT2D eigenvalue weighted by Crippen LogP contribution is -2.13. The van der Waals surface area contributed by atoms with E-state index in [0.29, 0.717) is 23.5 Å². The molecule has 0 spiro atoms. The summed E-state index contributed by atoms with van der Waals surface area (Å²) in [5.41, 5.74) is 2.21. The molecule has 2 heterocycles. The lowest BCUT2D eigenvalue weighted by molar-refractivity contribution is 0.415. The zero-order chi connectivity index (χ0) is 20.5. The van der Waals surface area contributed by atoms with E-state index in [2.05, 4.69) is 32.5 Å². The summed E-state index contributed by atoms with van der Waals surface area (Å²) in [5, 5.41) is 10.2. The largest absolute Gasteiger partial charge is 0.497 e. The number of nitrogens with one attached hydrogen (secondary N) is 2. The van der Waals surface area contributed by atoms with Crippen LogP contribution in [-0.2, 0) is 6.54 Å². The fourth-order valence-corrected chi connectivity index (χ4v) is 3.46. The molecule has 5 aromatic rings. The molecule has 0 aliphatic rings. The lowest BCUT2D eigenvalue weighted by Gasteiger charge is -2.08. The molecule has 0 aliphatic carbocycles. The minimum Gasteiger partial charge on any atom is -0.497 e. The van der Waals surface area contributed by atoms with Crippen molar-refractivity contribution >= 4 is 27.8 Å². The number of methoxy groups -OCH3 is 1. The lowest BCUT2D eigenvalue weighted by atomic mass is 10.1. The molecule has 148 valence electrons. The van der Waals surface area contributed by atoms with Gasteiger partial charge in [0.1, 0.15) is 11.1 Å². The number of para-hydroxylation sites is 1. The van der Waals surface area contributed by atoms with Gasteiger partial charge in [-0.2, -0.15) is 10.1 Å². The first-order valence-electron chi connectivity index (χ1n) is 9.55. The van der Waals surface area contributed by atoms with Crippen LogP contribution in [0.25, 0.3) is 27.5 Å². The molecule has 0 saturated carbocycles. The highest BCUT2D eigenvalue weighted by atomic mass is 16.5. The van der Waals surface area contributed by atoms with E-state index in [0.717, 1.165) is 27.8 Å². The quantitative estimate of drug-likeness (QED) is 0.470. The monoisotopic (exact) mass is 397 g/mol. The maximum atomic E-state index is 12.5. The van der Waals surface area contributed by atoms with E-state index >= 15 is 0 Å². The van der Waals surface area contributed by atoms with Crippen molar-refractivity contribution in [1.29, 1.82) is 0 Å². The number of aromatic amines is 1. The van der Waals surface area contributed by atoms with Crippen molar-refractivity contribution in [1.82, 2.24) is 19.7 Å². The Morgan fingerprint density at radius 2 is 1.83 bits per heavy atom. The van der Waals surface area contributed by atoms with Gasteiger partial charge in [-0.25, -0.2) is 4.68 Å². The molecule has 0 fully saturated rings. The van der Waals surface area contributed by atoms with Crippen molar-refractivity contribution in [3.63, 3.8) is 0 Å². The van der Waals surface area contributed by atoms with Gasteiger partial charge >= 0.3 is 0 Å². The summed E-state index contributed by atoms with van der Waals surface area (Å²) in [6.45, 7) is 0.524. The van der Waals surface area contributed by atoms with E-state index in [9.17, 15) is 4.79 Å². The molecule has 0 aliphatic heterocycles. The van der Waals surface area contributed by atoms with Crippen LogP contribution in [0.1, 0.15) is 5.56 Å². The van der Waals surface area contributed by atoms with Crippen molar-refractivity contribution in [2.45, 2.75) is 6.54 Å². The first kappa shape index (κ1) is 17.9. The minimum atomic E-state index is -0.227. The Balaban J connectivity index is 1.44. The minimum absolute atomic E-state index is 0.227. The molecule has 0 amide bonds. The molecule has 0 atom stereocenters. The summed E-state index contributed by atoms with van der Waals surface area (Å²) in [6, 6.07) is 21.8. The smallest absolute Gasteiger partial charge is 0.263 e. The standard InChI is InChI=1S/C23H19N5O2/c1-30-19-10-9-16-11-15(7-8-17(16)12-19)13-24-23-26-21-20(22(29)27-23)14-25-28(21)18-5-3-2-4-6-18/h2-12,14H,13H2,1H3,(H2,24,26,27,29). The van der Waals surface area contributed by atoms with Gasteiger partial charge in [0, 0.05) is 6.54 Å². The number of aromatic nitrogens is 4. The molecule has 2 aromatic heterocycles. The van der Waals surface area contributed by atoms with Crippen LogP contribution in [0.15, 0.2) is 77.7 Å². The van der Waals surface area contributed by atoms with Crippen LogP contribution in [0.2, 0.25) is 0 Å². The summed E-state index contributed by atoms with van der Waals surface area (Å²) in [7, 11) is 1.66. The highest BCUT2D eigenvalue weighted by molar-refractivity contribution is 5.84. The van der Waals surface area contributed by atoms with Crippen molar-refractivity contribution < 1.29 is 4.74 Å². The van der Waals surface area contributed by atoms with Crippen molar-refractivity contribution in [3.8, 4) is 11.4 Å². The fraction of sp³-hybridized carbons (Fsp3) is 0.0870. The molecule has 30 heavy (non-hydrogen) atoms. The molecule has 0 unspecified atom stereocenters. The third-order valence-electron chi connectivity index (χ3n) is 5.01. The summed E-state index contributed by atoms with van der Waals surface area (Å²) in [4.78, 5) is 19.9. The second-order valence-corrected chi connectivity index (χ2v) is 6.94. The highest BCUT2D eigenvalue weighted by Crippen LogP contribution is 2.22. The second kappa shape index (κ2) is 7.36. The van der Waals surface area contributed by atoms with Gasteiger partial charge in [-0.1, -0.05) is 36.4 Å². The van der Waals surface area contributed by atoms with E-state index < -0.39 is 0 Å². The summed E-state index contributed by atoms with van der Waals surface area (Å²) >= 11 is 0. The van der Waals surface area contributed by atoms with Gasteiger partial charge < -0.3 is 10.1 Å². The molecule has 5 rings (SSSR count). The average molecular weight is 397 g/mol. The van der Waals surface area contributed by atoms with Crippen LogP contribution in [0.3, 0.4) is 0 Å². The first-order valence-corrected chi connectivity index (χ1v) is 9.55. The SMILES string of the molecule is COc1ccc2cc(CNc3nc4c(cnn4-c4ccccc4)c(=O)[nH]3)ccc2c1.